The van der Waals surface area contributed by atoms with E-state index in [2.05, 4.69) is 15.3 Å². The van der Waals surface area contributed by atoms with Crippen LogP contribution in [0.15, 0.2) is 39.1 Å². The number of thiazole rings is 1. The number of rotatable bonds is 6. The first-order valence-electron chi connectivity index (χ1n) is 8.59. The molecule has 1 aromatic heterocycles. The third-order valence-electron chi connectivity index (χ3n) is 4.69. The van der Waals surface area contributed by atoms with E-state index in [0.717, 1.165) is 47.0 Å². The number of para-hydroxylation sites is 1. The Bertz CT molecular complexity index is 960. The number of thioether (sulfide) groups is 1. The molecular weight excluding hydrogens is 404 g/mol. The SMILES string of the molecule is CN(c1cccc2c1NC(C1=NCC(CCO)S1)C2)S(=O)(=O)c1nccs1. The van der Waals surface area contributed by atoms with Crippen molar-refractivity contribution in [3.8, 4) is 0 Å². The fourth-order valence-electron chi connectivity index (χ4n) is 3.29. The van der Waals surface area contributed by atoms with Gasteiger partial charge in [0.2, 0.25) is 4.34 Å². The molecule has 0 spiro atoms. The summed E-state index contributed by atoms with van der Waals surface area (Å²) >= 11 is 2.82. The monoisotopic (exact) mass is 424 g/mol. The molecule has 2 unspecified atom stereocenters. The highest BCUT2D eigenvalue weighted by atomic mass is 32.2. The van der Waals surface area contributed by atoms with Gasteiger partial charge in [-0.3, -0.25) is 9.30 Å². The van der Waals surface area contributed by atoms with E-state index in [1.165, 1.54) is 10.5 Å². The van der Waals surface area contributed by atoms with Crippen molar-refractivity contribution in [2.75, 3.05) is 29.8 Å². The number of hydrogen-bond donors (Lipinski definition) is 2. The second-order valence-electron chi connectivity index (χ2n) is 6.41. The highest BCUT2D eigenvalue weighted by Gasteiger charge is 2.34. The summed E-state index contributed by atoms with van der Waals surface area (Å²) in [6.45, 7) is 0.891. The van der Waals surface area contributed by atoms with Crippen molar-refractivity contribution in [1.82, 2.24) is 4.98 Å². The van der Waals surface area contributed by atoms with E-state index < -0.39 is 10.0 Å². The molecule has 0 amide bonds. The number of anilines is 2. The Morgan fingerprint density at radius 1 is 1.41 bits per heavy atom. The van der Waals surface area contributed by atoms with Gasteiger partial charge in [0.15, 0.2) is 0 Å². The molecule has 2 atom stereocenters. The quantitative estimate of drug-likeness (QED) is 0.738. The van der Waals surface area contributed by atoms with Gasteiger partial charge in [0, 0.05) is 36.9 Å². The fourth-order valence-corrected chi connectivity index (χ4v) is 6.65. The molecule has 0 fully saturated rings. The Morgan fingerprint density at radius 3 is 3.00 bits per heavy atom. The maximum atomic E-state index is 12.8. The van der Waals surface area contributed by atoms with Gasteiger partial charge in [-0.25, -0.2) is 4.98 Å². The topological polar surface area (TPSA) is 94.9 Å². The lowest BCUT2D eigenvalue weighted by Gasteiger charge is -2.21. The zero-order chi connectivity index (χ0) is 19.0. The summed E-state index contributed by atoms with van der Waals surface area (Å²) in [4.78, 5) is 8.59. The predicted molar refractivity (Wildman–Crippen MR) is 111 cm³/mol. The number of fused-ring (bicyclic) bond motifs is 1. The summed E-state index contributed by atoms with van der Waals surface area (Å²) in [5.74, 6) is 0. The van der Waals surface area contributed by atoms with E-state index >= 15 is 0 Å². The van der Waals surface area contributed by atoms with Crippen LogP contribution in [0.2, 0.25) is 0 Å². The van der Waals surface area contributed by atoms with Crippen LogP contribution in [0, 0.1) is 0 Å². The molecule has 2 aromatic rings. The highest BCUT2D eigenvalue weighted by Crippen LogP contribution is 2.40. The third-order valence-corrected chi connectivity index (χ3v) is 9.01. The standard InChI is InChI=1S/C17H20N4O3S3/c1-21(27(23,24)17-18-6-8-25-17)14-4-2-3-11-9-13(20-15(11)14)16-19-10-12(26-16)5-7-22/h2-4,6,8,12-13,20,22H,5,7,9-10H2,1H3. The van der Waals surface area contributed by atoms with Crippen molar-refractivity contribution in [2.45, 2.75) is 28.5 Å². The number of aliphatic hydroxyl groups excluding tert-OH is 1. The van der Waals surface area contributed by atoms with E-state index in [1.807, 2.05) is 12.1 Å². The van der Waals surface area contributed by atoms with Gasteiger partial charge in [0.05, 0.1) is 29.0 Å². The van der Waals surface area contributed by atoms with E-state index in [0.29, 0.717) is 10.9 Å². The summed E-state index contributed by atoms with van der Waals surface area (Å²) < 4.78 is 27.1. The number of hydrogen-bond acceptors (Lipinski definition) is 8. The third kappa shape index (κ3) is 3.46. The Balaban J connectivity index is 1.58. The number of benzene rings is 1. The maximum Gasteiger partial charge on any atom is 0.291 e. The molecule has 10 heteroatoms. The average Bonchev–Trinajstić information content (AvgIpc) is 3.39. The lowest BCUT2D eigenvalue weighted by atomic mass is 10.1. The van der Waals surface area contributed by atoms with Gasteiger partial charge >= 0.3 is 0 Å². The smallest absolute Gasteiger partial charge is 0.291 e. The predicted octanol–water partition coefficient (Wildman–Crippen LogP) is 2.20. The second kappa shape index (κ2) is 7.42. The van der Waals surface area contributed by atoms with Crippen LogP contribution in [0.3, 0.4) is 0 Å². The van der Waals surface area contributed by atoms with Crippen LogP contribution in [0.5, 0.6) is 0 Å². The molecule has 0 bridgehead atoms. The van der Waals surface area contributed by atoms with Crippen LogP contribution < -0.4 is 9.62 Å². The normalized spacial score (nSPS) is 21.6. The number of aliphatic hydroxyl groups is 1. The molecule has 2 aliphatic heterocycles. The lowest BCUT2D eigenvalue weighted by Crippen LogP contribution is -2.28. The van der Waals surface area contributed by atoms with Gasteiger partial charge in [0.1, 0.15) is 0 Å². The zero-order valence-corrected chi connectivity index (χ0v) is 17.1. The van der Waals surface area contributed by atoms with Gasteiger partial charge in [-0.15, -0.1) is 23.1 Å². The summed E-state index contributed by atoms with van der Waals surface area (Å²) in [7, 11) is -2.13. The van der Waals surface area contributed by atoms with Gasteiger partial charge in [0.25, 0.3) is 10.0 Å². The Kier molecular flexibility index (Phi) is 5.15. The van der Waals surface area contributed by atoms with Gasteiger partial charge in [-0.05, 0) is 18.1 Å². The van der Waals surface area contributed by atoms with Crippen LogP contribution in [-0.2, 0) is 16.4 Å². The molecule has 27 heavy (non-hydrogen) atoms. The van der Waals surface area contributed by atoms with Crippen LogP contribution >= 0.6 is 23.1 Å². The number of sulfonamides is 1. The van der Waals surface area contributed by atoms with E-state index in [9.17, 15) is 8.42 Å². The van der Waals surface area contributed by atoms with Crippen molar-refractivity contribution in [3.05, 3.63) is 35.3 Å². The summed E-state index contributed by atoms with van der Waals surface area (Å²) in [5, 5.41) is 15.6. The molecule has 0 aliphatic carbocycles. The van der Waals surface area contributed by atoms with E-state index in [4.69, 9.17) is 5.11 Å². The highest BCUT2D eigenvalue weighted by molar-refractivity contribution is 8.14. The van der Waals surface area contributed by atoms with Crippen LogP contribution in [0.4, 0.5) is 11.4 Å². The Labute approximate surface area is 166 Å². The first-order chi connectivity index (χ1) is 13.0. The number of aromatic nitrogens is 1. The Morgan fingerprint density at radius 2 is 2.26 bits per heavy atom. The van der Waals surface area contributed by atoms with Crippen molar-refractivity contribution >= 4 is 49.5 Å². The van der Waals surface area contributed by atoms with Crippen LogP contribution in [0.25, 0.3) is 0 Å². The molecule has 2 aliphatic rings. The van der Waals surface area contributed by atoms with Crippen molar-refractivity contribution in [3.63, 3.8) is 0 Å². The van der Waals surface area contributed by atoms with E-state index in [1.54, 1.807) is 30.3 Å². The minimum atomic E-state index is -3.69. The molecule has 0 saturated carbocycles. The largest absolute Gasteiger partial charge is 0.396 e. The van der Waals surface area contributed by atoms with Crippen molar-refractivity contribution in [1.29, 1.82) is 0 Å². The summed E-state index contributed by atoms with van der Waals surface area (Å²) in [5.41, 5.74) is 2.52. The van der Waals surface area contributed by atoms with Crippen LogP contribution in [-0.4, -0.2) is 55.0 Å². The number of aliphatic imine (C=N–C) groups is 1. The number of nitrogens with zero attached hydrogens (tertiary/aromatic N) is 3. The van der Waals surface area contributed by atoms with Gasteiger partial charge in [-0.1, -0.05) is 12.1 Å². The summed E-state index contributed by atoms with van der Waals surface area (Å²) in [6.07, 6.45) is 3.00. The average molecular weight is 425 g/mol. The van der Waals surface area contributed by atoms with Crippen molar-refractivity contribution in [2.24, 2.45) is 4.99 Å². The first kappa shape index (κ1) is 18.7. The molecule has 144 valence electrons. The zero-order valence-electron chi connectivity index (χ0n) is 14.7. The minimum absolute atomic E-state index is 0.0470. The number of nitrogens with one attached hydrogen (secondary N) is 1. The lowest BCUT2D eigenvalue weighted by molar-refractivity contribution is 0.288. The molecule has 3 heterocycles. The molecule has 0 radical (unpaired) electrons. The molecule has 0 saturated heterocycles. The fraction of sp³-hybridized carbons (Fsp3) is 0.412. The van der Waals surface area contributed by atoms with Crippen LogP contribution in [0.1, 0.15) is 12.0 Å². The molecule has 4 rings (SSSR count). The van der Waals surface area contributed by atoms with Gasteiger partial charge < -0.3 is 10.4 Å². The van der Waals surface area contributed by atoms with Crippen molar-refractivity contribution < 1.29 is 13.5 Å². The molecule has 2 N–H and O–H groups in total. The Hall–Kier alpha value is -1.62. The second-order valence-corrected chi connectivity index (χ2v) is 10.8. The summed E-state index contributed by atoms with van der Waals surface area (Å²) in [6, 6.07) is 5.74. The molecule has 7 nitrogen and oxygen atoms in total. The molecule has 1 aromatic carbocycles. The maximum absolute atomic E-state index is 12.8. The van der Waals surface area contributed by atoms with Gasteiger partial charge in [-0.2, -0.15) is 8.42 Å². The minimum Gasteiger partial charge on any atom is -0.396 e. The van der Waals surface area contributed by atoms with E-state index in [-0.39, 0.29) is 17.0 Å². The molecular formula is C17H20N4O3S3. The first-order valence-corrected chi connectivity index (χ1v) is 11.8.